The fraction of sp³-hybridized carbons (Fsp3) is 0.417. The highest BCUT2D eigenvalue weighted by Crippen LogP contribution is 2.28. The Morgan fingerprint density at radius 2 is 2.25 bits per heavy atom. The van der Waals surface area contributed by atoms with E-state index in [9.17, 15) is 20.0 Å². The van der Waals surface area contributed by atoms with Crippen molar-refractivity contribution >= 4 is 39.3 Å². The minimum Gasteiger partial charge on any atom is -0.387 e. The van der Waals surface area contributed by atoms with Crippen LogP contribution >= 0.6 is 27.7 Å². The third-order valence-electron chi connectivity index (χ3n) is 2.50. The molecule has 0 saturated carbocycles. The maximum Gasteiger partial charge on any atom is 0.284 e. The summed E-state index contributed by atoms with van der Waals surface area (Å²) < 4.78 is 0.131. The van der Waals surface area contributed by atoms with Crippen LogP contribution in [0.4, 0.5) is 5.69 Å². The second-order valence-corrected chi connectivity index (χ2v) is 6.17. The first kappa shape index (κ1) is 16.9. The van der Waals surface area contributed by atoms with Crippen LogP contribution in [0.2, 0.25) is 0 Å². The molecule has 0 aliphatic carbocycles. The van der Waals surface area contributed by atoms with Gasteiger partial charge in [-0.05, 0) is 35.2 Å². The average molecular weight is 363 g/mol. The molecular formula is C12H15BrN2O4S. The highest BCUT2D eigenvalue weighted by Gasteiger charge is 2.23. The molecule has 6 nitrogen and oxygen atoms in total. The molecule has 110 valence electrons. The summed E-state index contributed by atoms with van der Waals surface area (Å²) in [7, 11) is 0. The highest BCUT2D eigenvalue weighted by molar-refractivity contribution is 9.10. The van der Waals surface area contributed by atoms with Gasteiger partial charge in [0.2, 0.25) is 0 Å². The number of halogens is 1. The second-order valence-electron chi connectivity index (χ2n) is 4.51. The van der Waals surface area contributed by atoms with Gasteiger partial charge in [0.1, 0.15) is 4.47 Å². The van der Waals surface area contributed by atoms with E-state index in [1.54, 1.807) is 6.92 Å². The number of nitrogens with one attached hydrogen (secondary N) is 1. The number of hydrogen-bond acceptors (Lipinski definition) is 5. The molecule has 0 heterocycles. The van der Waals surface area contributed by atoms with Gasteiger partial charge in [-0.25, -0.2) is 0 Å². The Balaban J connectivity index is 2.84. The maximum atomic E-state index is 12.0. The van der Waals surface area contributed by atoms with Crippen LogP contribution in [0.25, 0.3) is 0 Å². The standard InChI is InChI=1S/C12H15BrN2O4S/c1-12(17,7-20-2)6-14-11(16)8-4-3-5-9(10(8)13)15(18)19/h3-5,17H,6-7H2,1-2H3,(H,14,16). The minimum absolute atomic E-state index is 0.0712. The summed E-state index contributed by atoms with van der Waals surface area (Å²) in [4.78, 5) is 22.2. The molecule has 2 N–H and O–H groups in total. The molecule has 0 radical (unpaired) electrons. The molecule has 1 atom stereocenters. The van der Waals surface area contributed by atoms with Crippen molar-refractivity contribution in [2.45, 2.75) is 12.5 Å². The molecule has 20 heavy (non-hydrogen) atoms. The van der Waals surface area contributed by atoms with E-state index >= 15 is 0 Å². The van der Waals surface area contributed by atoms with Gasteiger partial charge in [0, 0.05) is 18.4 Å². The van der Waals surface area contributed by atoms with Gasteiger partial charge < -0.3 is 10.4 Å². The van der Waals surface area contributed by atoms with Gasteiger partial charge in [-0.15, -0.1) is 0 Å². The number of nitrogens with zero attached hydrogens (tertiary/aromatic N) is 1. The lowest BCUT2D eigenvalue weighted by atomic mass is 10.1. The Morgan fingerprint density at radius 1 is 1.60 bits per heavy atom. The third kappa shape index (κ3) is 4.46. The lowest BCUT2D eigenvalue weighted by Gasteiger charge is -2.22. The second kappa shape index (κ2) is 7.05. The molecule has 0 bridgehead atoms. The number of benzene rings is 1. The van der Waals surface area contributed by atoms with Gasteiger partial charge in [0.05, 0.1) is 16.1 Å². The lowest BCUT2D eigenvalue weighted by Crippen LogP contribution is -2.42. The summed E-state index contributed by atoms with van der Waals surface area (Å²) in [5.74, 6) is 0.00517. The van der Waals surface area contributed by atoms with Crippen LogP contribution in [-0.2, 0) is 0 Å². The van der Waals surface area contributed by atoms with E-state index in [1.807, 2.05) is 6.26 Å². The zero-order valence-electron chi connectivity index (χ0n) is 11.1. The van der Waals surface area contributed by atoms with E-state index in [1.165, 1.54) is 30.0 Å². The lowest BCUT2D eigenvalue weighted by molar-refractivity contribution is -0.385. The molecule has 1 aromatic rings. The molecule has 1 unspecified atom stereocenters. The summed E-state index contributed by atoms with van der Waals surface area (Å²) in [5.41, 5.74) is -1.03. The molecule has 0 aliphatic rings. The van der Waals surface area contributed by atoms with E-state index in [-0.39, 0.29) is 22.3 Å². The average Bonchev–Trinajstić information content (AvgIpc) is 2.36. The maximum absolute atomic E-state index is 12.0. The SMILES string of the molecule is CSCC(C)(O)CNC(=O)c1cccc([N+](=O)[O-])c1Br. The van der Waals surface area contributed by atoms with Crippen LogP contribution in [0.15, 0.2) is 22.7 Å². The molecule has 1 aromatic carbocycles. The number of thioether (sulfide) groups is 1. The number of rotatable bonds is 6. The first-order valence-corrected chi connectivity index (χ1v) is 7.89. The molecule has 0 aromatic heterocycles. The van der Waals surface area contributed by atoms with Crippen molar-refractivity contribution < 1.29 is 14.8 Å². The van der Waals surface area contributed by atoms with Crippen LogP contribution in [0.5, 0.6) is 0 Å². The largest absolute Gasteiger partial charge is 0.387 e. The van der Waals surface area contributed by atoms with Crippen LogP contribution in [-0.4, -0.2) is 40.1 Å². The van der Waals surface area contributed by atoms with Gasteiger partial charge in [0.15, 0.2) is 0 Å². The van der Waals surface area contributed by atoms with Crippen LogP contribution < -0.4 is 5.32 Å². The molecule has 0 fully saturated rings. The van der Waals surface area contributed by atoms with Gasteiger partial charge in [-0.1, -0.05) is 6.07 Å². The summed E-state index contributed by atoms with van der Waals surface area (Å²) in [6, 6.07) is 4.23. The smallest absolute Gasteiger partial charge is 0.284 e. The number of carbonyl (C=O) groups excluding carboxylic acids is 1. The van der Waals surface area contributed by atoms with Crippen molar-refractivity contribution in [2.24, 2.45) is 0 Å². The Labute approximate surface area is 129 Å². The Morgan fingerprint density at radius 3 is 2.80 bits per heavy atom. The van der Waals surface area contributed by atoms with Crippen molar-refractivity contribution in [3.8, 4) is 0 Å². The first-order valence-electron chi connectivity index (χ1n) is 5.71. The zero-order chi connectivity index (χ0) is 15.3. The predicted octanol–water partition coefficient (Wildman–Crippen LogP) is 2.20. The third-order valence-corrected chi connectivity index (χ3v) is 4.25. The van der Waals surface area contributed by atoms with Gasteiger partial charge in [-0.2, -0.15) is 11.8 Å². The van der Waals surface area contributed by atoms with Gasteiger partial charge in [-0.3, -0.25) is 14.9 Å². The highest BCUT2D eigenvalue weighted by atomic mass is 79.9. The fourth-order valence-corrected chi connectivity index (χ4v) is 2.88. The normalized spacial score (nSPS) is 13.6. The van der Waals surface area contributed by atoms with E-state index in [4.69, 9.17) is 0 Å². The van der Waals surface area contributed by atoms with E-state index in [0.717, 1.165) is 0 Å². The predicted molar refractivity (Wildman–Crippen MR) is 82.1 cm³/mol. The number of aliphatic hydroxyl groups is 1. The summed E-state index contributed by atoms with van der Waals surface area (Å²) in [6.45, 7) is 1.69. The van der Waals surface area contributed by atoms with Gasteiger partial charge >= 0.3 is 0 Å². The quantitative estimate of drug-likeness (QED) is 0.597. The Kier molecular flexibility index (Phi) is 5.97. The summed E-state index contributed by atoms with van der Waals surface area (Å²) >= 11 is 4.53. The molecule has 0 aliphatic heterocycles. The van der Waals surface area contributed by atoms with Crippen LogP contribution in [0.1, 0.15) is 17.3 Å². The van der Waals surface area contributed by atoms with Crippen molar-refractivity contribution in [3.63, 3.8) is 0 Å². The molecular weight excluding hydrogens is 348 g/mol. The van der Waals surface area contributed by atoms with Crippen molar-refractivity contribution in [1.82, 2.24) is 5.32 Å². The van der Waals surface area contributed by atoms with Crippen LogP contribution in [0, 0.1) is 10.1 Å². The van der Waals surface area contributed by atoms with Crippen molar-refractivity contribution in [3.05, 3.63) is 38.3 Å². The fourth-order valence-electron chi connectivity index (χ4n) is 1.56. The Hall–Kier alpha value is -1.12. The number of nitro groups is 1. The first-order chi connectivity index (χ1) is 9.28. The van der Waals surface area contributed by atoms with Gasteiger partial charge in [0.25, 0.3) is 11.6 Å². The van der Waals surface area contributed by atoms with Crippen LogP contribution in [0.3, 0.4) is 0 Å². The molecule has 0 saturated heterocycles. The van der Waals surface area contributed by atoms with E-state index < -0.39 is 16.4 Å². The Bertz CT molecular complexity index is 522. The summed E-state index contributed by atoms with van der Waals surface area (Å²) in [5, 5.41) is 23.3. The molecule has 1 rings (SSSR count). The monoisotopic (exact) mass is 362 g/mol. The number of nitro benzene ring substituents is 1. The van der Waals surface area contributed by atoms with Crippen molar-refractivity contribution in [1.29, 1.82) is 0 Å². The van der Waals surface area contributed by atoms with E-state index in [0.29, 0.717) is 5.75 Å². The molecule has 1 amide bonds. The minimum atomic E-state index is -1.03. The number of hydrogen-bond donors (Lipinski definition) is 2. The number of carbonyl (C=O) groups is 1. The summed E-state index contributed by atoms with van der Waals surface area (Å²) in [6.07, 6.45) is 1.85. The molecule has 8 heteroatoms. The number of amides is 1. The van der Waals surface area contributed by atoms with E-state index in [2.05, 4.69) is 21.2 Å². The zero-order valence-corrected chi connectivity index (χ0v) is 13.5. The molecule has 0 spiro atoms. The topological polar surface area (TPSA) is 92.5 Å². The van der Waals surface area contributed by atoms with Crippen molar-refractivity contribution in [2.75, 3.05) is 18.6 Å².